The van der Waals surface area contributed by atoms with Crippen LogP contribution in [0, 0.1) is 0 Å². The molecule has 3 aromatic carbocycles. The van der Waals surface area contributed by atoms with E-state index in [0.29, 0.717) is 18.5 Å². The fourth-order valence-corrected chi connectivity index (χ4v) is 3.79. The van der Waals surface area contributed by atoms with Crippen LogP contribution in [-0.4, -0.2) is 5.11 Å². The van der Waals surface area contributed by atoms with Crippen molar-refractivity contribution < 1.29 is 14.8 Å². The lowest BCUT2D eigenvalue weighted by molar-refractivity contribution is -0.702. The van der Waals surface area contributed by atoms with E-state index in [4.69, 9.17) is 4.42 Å². The minimum atomic E-state index is -0.402. The van der Waals surface area contributed by atoms with E-state index in [9.17, 15) is 9.90 Å². The van der Waals surface area contributed by atoms with Crippen LogP contribution in [0.4, 0.5) is 0 Å². The average Bonchev–Trinajstić information content (AvgIpc) is 2.75. The van der Waals surface area contributed by atoms with E-state index in [0.717, 1.165) is 16.5 Å². The lowest BCUT2D eigenvalue weighted by atomic mass is 9.98. The fraction of sp³-hybridized carbons (Fsp3) is 0.160. The highest BCUT2D eigenvalue weighted by Gasteiger charge is 2.18. The first-order chi connectivity index (χ1) is 14.2. The van der Waals surface area contributed by atoms with E-state index >= 15 is 0 Å². The molecule has 0 fully saturated rings. The summed E-state index contributed by atoms with van der Waals surface area (Å²) in [5.41, 5.74) is 4.18. The number of aromatic hydroxyl groups is 1. The molecule has 0 unspecified atom stereocenters. The molecule has 146 valence electrons. The third-order valence-corrected chi connectivity index (χ3v) is 5.30. The molecule has 0 radical (unpaired) electrons. The highest BCUT2D eigenvalue weighted by atomic mass is 16.4. The van der Waals surface area contributed by atoms with Gasteiger partial charge in [0.05, 0.1) is 0 Å². The number of fused-ring (bicyclic) bond motifs is 1. The summed E-state index contributed by atoms with van der Waals surface area (Å²) in [6.45, 7) is 2.61. The predicted octanol–water partition coefficient (Wildman–Crippen LogP) is 3.91. The maximum absolute atomic E-state index is 12.1. The quantitative estimate of drug-likeness (QED) is 0.494. The number of nitrogens with two attached hydrogens (primary N) is 1. The van der Waals surface area contributed by atoms with Gasteiger partial charge in [-0.2, -0.15) is 0 Å². The Morgan fingerprint density at radius 2 is 1.52 bits per heavy atom. The molecule has 3 N–H and O–H groups in total. The smallest absolute Gasteiger partial charge is 0.336 e. The Balaban J connectivity index is 1.72. The highest BCUT2D eigenvalue weighted by molar-refractivity contribution is 5.82. The van der Waals surface area contributed by atoms with Crippen LogP contribution in [0.5, 0.6) is 5.75 Å². The zero-order valence-corrected chi connectivity index (χ0v) is 16.3. The summed E-state index contributed by atoms with van der Waals surface area (Å²) in [5.74, 6) is 0.163. The molecule has 0 atom stereocenters. The van der Waals surface area contributed by atoms with Crippen molar-refractivity contribution in [3.05, 3.63) is 112 Å². The highest BCUT2D eigenvalue weighted by Crippen LogP contribution is 2.27. The molecule has 0 aliphatic rings. The summed E-state index contributed by atoms with van der Waals surface area (Å²) in [5, 5.41) is 13.2. The first-order valence-electron chi connectivity index (χ1n) is 9.87. The summed E-state index contributed by atoms with van der Waals surface area (Å²) in [6, 6.07) is 25.8. The van der Waals surface area contributed by atoms with E-state index in [2.05, 4.69) is 29.6 Å². The van der Waals surface area contributed by atoms with Crippen LogP contribution >= 0.6 is 0 Å². The van der Waals surface area contributed by atoms with Crippen LogP contribution in [-0.2, 0) is 13.0 Å². The molecule has 0 amide bonds. The van der Waals surface area contributed by atoms with Gasteiger partial charge in [0.2, 0.25) is 0 Å². The van der Waals surface area contributed by atoms with Crippen LogP contribution in [0.2, 0.25) is 0 Å². The number of hydrogen-bond acceptors (Lipinski definition) is 3. The molecule has 29 heavy (non-hydrogen) atoms. The number of benzene rings is 3. The molecule has 4 nitrogen and oxygen atoms in total. The Kier molecular flexibility index (Phi) is 5.45. The second-order valence-corrected chi connectivity index (χ2v) is 7.16. The van der Waals surface area contributed by atoms with Crippen molar-refractivity contribution in [2.24, 2.45) is 0 Å². The van der Waals surface area contributed by atoms with Crippen molar-refractivity contribution >= 4 is 11.0 Å². The van der Waals surface area contributed by atoms with Crippen molar-refractivity contribution in [3.8, 4) is 5.75 Å². The van der Waals surface area contributed by atoms with E-state index in [1.54, 1.807) is 12.1 Å². The molecule has 1 aromatic heterocycles. The number of hydrogen-bond donors (Lipinski definition) is 2. The first-order valence-corrected chi connectivity index (χ1v) is 9.87. The minimum absolute atomic E-state index is 0.113. The Labute approximate surface area is 169 Å². The number of quaternary nitrogens is 1. The Morgan fingerprint density at radius 1 is 0.897 bits per heavy atom. The van der Waals surface area contributed by atoms with E-state index < -0.39 is 5.63 Å². The van der Waals surface area contributed by atoms with Gasteiger partial charge in [0.25, 0.3) is 0 Å². The lowest BCUT2D eigenvalue weighted by Gasteiger charge is -2.17. The molecule has 0 bridgehead atoms. The van der Waals surface area contributed by atoms with Gasteiger partial charge < -0.3 is 14.8 Å². The van der Waals surface area contributed by atoms with E-state index in [1.165, 1.54) is 11.1 Å². The van der Waals surface area contributed by atoms with Gasteiger partial charge in [-0.1, -0.05) is 67.6 Å². The number of phenols is 1. The molecule has 0 aliphatic carbocycles. The van der Waals surface area contributed by atoms with Crippen molar-refractivity contribution in [2.75, 3.05) is 0 Å². The topological polar surface area (TPSA) is 67.0 Å². The second-order valence-electron chi connectivity index (χ2n) is 7.16. The summed E-state index contributed by atoms with van der Waals surface area (Å²) in [4.78, 5) is 12.1. The molecule has 0 saturated heterocycles. The fourth-order valence-electron chi connectivity index (χ4n) is 3.79. The van der Waals surface area contributed by atoms with Gasteiger partial charge >= 0.3 is 5.63 Å². The molecular weight excluding hydrogens is 362 g/mol. The van der Waals surface area contributed by atoms with Gasteiger partial charge in [0.15, 0.2) is 0 Å². The molecule has 0 saturated carbocycles. The Morgan fingerprint density at radius 3 is 2.10 bits per heavy atom. The summed E-state index contributed by atoms with van der Waals surface area (Å²) in [7, 11) is 0. The molecular formula is C25H24NO3+. The zero-order valence-electron chi connectivity index (χ0n) is 16.3. The normalized spacial score (nSPS) is 11.2. The SMILES string of the molecule is CCc1cc2c(C[NH2+]C(c3ccccc3)c3ccccc3)cc(=O)oc2cc1O. The lowest BCUT2D eigenvalue weighted by Crippen LogP contribution is -2.84. The number of phenolic OH excluding ortho intramolecular Hbond substituents is 1. The minimum Gasteiger partial charge on any atom is -0.508 e. The third kappa shape index (κ3) is 4.08. The van der Waals surface area contributed by atoms with Crippen molar-refractivity contribution in [2.45, 2.75) is 25.9 Å². The maximum atomic E-state index is 12.1. The molecule has 0 spiro atoms. The maximum Gasteiger partial charge on any atom is 0.336 e. The predicted molar refractivity (Wildman–Crippen MR) is 114 cm³/mol. The van der Waals surface area contributed by atoms with E-state index in [-0.39, 0.29) is 11.8 Å². The molecule has 0 aliphatic heterocycles. The largest absolute Gasteiger partial charge is 0.508 e. The zero-order chi connectivity index (χ0) is 20.2. The number of rotatable bonds is 6. The summed E-state index contributed by atoms with van der Waals surface area (Å²) < 4.78 is 5.33. The number of aryl methyl sites for hydroxylation is 1. The first kappa shape index (κ1) is 19.0. The summed E-state index contributed by atoms with van der Waals surface area (Å²) >= 11 is 0. The van der Waals surface area contributed by atoms with Gasteiger partial charge in [0, 0.05) is 34.2 Å². The van der Waals surface area contributed by atoms with Crippen molar-refractivity contribution in [3.63, 3.8) is 0 Å². The van der Waals surface area contributed by atoms with Crippen LogP contribution in [0.1, 0.15) is 35.2 Å². The third-order valence-electron chi connectivity index (χ3n) is 5.30. The molecule has 4 aromatic rings. The standard InChI is InChI=1S/C25H23NO3/c1-2-17-13-21-20(14-24(28)29-23(21)15-22(17)27)16-26-25(18-9-5-3-6-10-18)19-11-7-4-8-12-19/h3-15,25-27H,2,16H2,1H3/p+1. The van der Waals surface area contributed by atoms with Crippen LogP contribution in [0.3, 0.4) is 0 Å². The van der Waals surface area contributed by atoms with Gasteiger partial charge in [-0.05, 0) is 18.1 Å². The van der Waals surface area contributed by atoms with Crippen molar-refractivity contribution in [1.82, 2.24) is 0 Å². The van der Waals surface area contributed by atoms with Gasteiger partial charge in [-0.25, -0.2) is 4.79 Å². The average molecular weight is 386 g/mol. The van der Waals surface area contributed by atoms with E-state index in [1.807, 2.05) is 49.4 Å². The van der Waals surface area contributed by atoms with Crippen LogP contribution in [0.15, 0.2) is 88.1 Å². The van der Waals surface area contributed by atoms with Gasteiger partial charge in [0.1, 0.15) is 23.9 Å². The second kappa shape index (κ2) is 8.33. The monoisotopic (exact) mass is 386 g/mol. The molecule has 1 heterocycles. The van der Waals surface area contributed by atoms with Gasteiger partial charge in [-0.3, -0.25) is 0 Å². The molecule has 4 heteroatoms. The van der Waals surface area contributed by atoms with Crippen LogP contribution in [0.25, 0.3) is 11.0 Å². The Hall–Kier alpha value is -3.37. The Bertz CT molecular complexity index is 1130. The van der Waals surface area contributed by atoms with Crippen molar-refractivity contribution in [1.29, 1.82) is 0 Å². The van der Waals surface area contributed by atoms with Crippen LogP contribution < -0.4 is 10.9 Å². The van der Waals surface area contributed by atoms with Gasteiger partial charge in [-0.15, -0.1) is 0 Å². The summed E-state index contributed by atoms with van der Waals surface area (Å²) in [6.07, 6.45) is 0.709. The molecule has 4 rings (SSSR count).